The lowest BCUT2D eigenvalue weighted by Gasteiger charge is -2.10. The lowest BCUT2D eigenvalue weighted by Crippen LogP contribution is -2.14. The molecule has 0 spiro atoms. The van der Waals surface area contributed by atoms with Crippen LogP contribution in [0.1, 0.15) is 6.42 Å². The summed E-state index contributed by atoms with van der Waals surface area (Å²) in [7, 11) is 0. The number of halogens is 6. The predicted molar refractivity (Wildman–Crippen MR) is 63.3 cm³/mol. The molecule has 0 radical (unpaired) electrons. The molecular weight excluding hydrogens is 502 g/mol. The summed E-state index contributed by atoms with van der Waals surface area (Å²) in [6.07, 6.45) is -4.60. The van der Waals surface area contributed by atoms with Crippen LogP contribution < -0.4 is 0 Å². The van der Waals surface area contributed by atoms with E-state index >= 15 is 0 Å². The van der Waals surface area contributed by atoms with Gasteiger partial charge in [-0.15, -0.1) is 0 Å². The molecule has 10 heavy (non-hydrogen) atoms. The van der Waals surface area contributed by atoms with Crippen LogP contribution in [0.15, 0.2) is 0 Å². The molecule has 0 aromatic heterocycles. The maximum absolute atomic E-state index is 11.6. The van der Waals surface area contributed by atoms with Crippen LogP contribution in [0.25, 0.3) is 0 Å². The third-order valence-electron chi connectivity index (χ3n) is 0.692. The van der Waals surface area contributed by atoms with Gasteiger partial charge in [0, 0.05) is 6.42 Å². The summed E-state index contributed by atoms with van der Waals surface area (Å²) in [6.45, 7) is 0. The molecule has 0 aliphatic carbocycles. The molecule has 0 unspecified atom stereocenters. The van der Waals surface area contributed by atoms with E-state index in [0.29, 0.717) is 6.04 Å². The van der Waals surface area contributed by atoms with Crippen LogP contribution >= 0.6 is 65.4 Å². The highest BCUT2D eigenvalue weighted by Crippen LogP contribution is 2.38. The van der Waals surface area contributed by atoms with Crippen LogP contribution in [0.4, 0.5) is 13.2 Å². The molecule has 0 nitrogen and oxygen atoms in total. The molecule has 0 aliphatic heterocycles. The van der Waals surface area contributed by atoms with Gasteiger partial charge < -0.3 is 0 Å². The second-order valence-corrected chi connectivity index (χ2v) is 38.6. The van der Waals surface area contributed by atoms with E-state index in [0.717, 1.165) is 0 Å². The van der Waals surface area contributed by atoms with E-state index in [4.69, 9.17) is 0 Å². The Morgan fingerprint density at radius 1 is 1.10 bits per heavy atom. The van der Waals surface area contributed by atoms with Crippen molar-refractivity contribution in [2.75, 3.05) is 0 Å². The van der Waals surface area contributed by atoms with E-state index in [1.807, 2.05) is 0 Å². The highest BCUT2D eigenvalue weighted by atomic mass is 127. The Morgan fingerprint density at radius 2 is 1.50 bits per heavy atom. The van der Waals surface area contributed by atoms with Gasteiger partial charge in [0.2, 0.25) is 0 Å². The minimum Gasteiger partial charge on any atom is -0.171 e. The topological polar surface area (TPSA) is 0 Å². The molecular formula is C3H4F3I3Si. The summed E-state index contributed by atoms with van der Waals surface area (Å²) in [5, 5.41) is 0. The Bertz CT molecular complexity index is 92.5. The van der Waals surface area contributed by atoms with Crippen molar-refractivity contribution < 1.29 is 13.2 Å². The van der Waals surface area contributed by atoms with E-state index in [1.54, 1.807) is 0 Å². The largest absolute Gasteiger partial charge is 0.388 e. The number of rotatable bonds is 2. The van der Waals surface area contributed by atoms with E-state index in [-0.39, 0.29) is 0 Å². The van der Waals surface area contributed by atoms with Gasteiger partial charge in [-0.3, -0.25) is 0 Å². The average molecular weight is 506 g/mol. The van der Waals surface area contributed by atoms with Gasteiger partial charge in [0.1, 0.15) is 0 Å². The minimum absolute atomic E-state index is 0.304. The average Bonchev–Trinajstić information content (AvgIpc) is 1.57. The Morgan fingerprint density at radius 3 is 1.60 bits per heavy atom. The van der Waals surface area contributed by atoms with Crippen LogP contribution in [-0.4, -0.2) is 6.74 Å². The first-order valence-electron chi connectivity index (χ1n) is 2.34. The molecule has 0 amide bonds. The van der Waals surface area contributed by atoms with E-state index in [1.165, 1.54) is 0 Å². The Labute approximate surface area is 96.4 Å². The standard InChI is InChI=1S/C3H4F3I3Si/c4-3(5,6)1-2-10(7,8)9/h1-2H2. The van der Waals surface area contributed by atoms with Gasteiger partial charge in [0.25, 0.3) is 0.564 Å². The van der Waals surface area contributed by atoms with Gasteiger partial charge in [0.15, 0.2) is 0 Å². The van der Waals surface area contributed by atoms with Crippen molar-refractivity contribution in [2.45, 2.75) is 18.6 Å². The van der Waals surface area contributed by atoms with Crippen LogP contribution in [-0.2, 0) is 0 Å². The van der Waals surface area contributed by atoms with Crippen molar-refractivity contribution in [1.82, 2.24) is 0 Å². The lowest BCUT2D eigenvalue weighted by atomic mass is 10.5. The van der Waals surface area contributed by atoms with Gasteiger partial charge in [-0.05, 0) is 6.04 Å². The minimum atomic E-state index is -3.97. The molecule has 0 saturated heterocycles. The van der Waals surface area contributed by atoms with Crippen molar-refractivity contribution in [2.24, 2.45) is 0 Å². The normalized spacial score (nSPS) is 13.8. The van der Waals surface area contributed by atoms with Gasteiger partial charge in [-0.1, -0.05) is 65.4 Å². The number of hydrogen-bond acceptors (Lipinski definition) is 0. The third kappa shape index (κ3) is 10.2. The molecule has 0 rings (SSSR count). The molecule has 62 valence electrons. The maximum Gasteiger partial charge on any atom is 0.388 e. The summed E-state index contributed by atoms with van der Waals surface area (Å²) in [5.41, 5.74) is 0. The Kier molecular flexibility index (Phi) is 5.41. The second kappa shape index (κ2) is 4.44. The van der Waals surface area contributed by atoms with Crippen LogP contribution in [0.3, 0.4) is 0 Å². The molecule has 0 heterocycles. The second-order valence-electron chi connectivity index (χ2n) is 1.73. The quantitative estimate of drug-likeness (QED) is 0.300. The molecule has 7 heteroatoms. The van der Waals surface area contributed by atoms with Crippen LogP contribution in [0.5, 0.6) is 0 Å². The van der Waals surface area contributed by atoms with Crippen molar-refractivity contribution >= 4 is 66.0 Å². The van der Waals surface area contributed by atoms with Crippen molar-refractivity contribution in [3.05, 3.63) is 0 Å². The fourth-order valence-corrected chi connectivity index (χ4v) is 3.28. The molecule has 0 aromatic rings. The van der Waals surface area contributed by atoms with E-state index in [2.05, 4.69) is 65.4 Å². The first kappa shape index (κ1) is 12.2. The smallest absolute Gasteiger partial charge is 0.171 e. The van der Waals surface area contributed by atoms with Crippen LogP contribution in [0, 0.1) is 0 Å². The third-order valence-corrected chi connectivity index (χ3v) is 6.36. The van der Waals surface area contributed by atoms with Crippen molar-refractivity contribution in [3.63, 3.8) is 0 Å². The molecule has 0 aromatic carbocycles. The summed E-state index contributed by atoms with van der Waals surface area (Å²) in [5.74, 6) is 0. The highest BCUT2D eigenvalue weighted by Gasteiger charge is 2.32. The monoisotopic (exact) mass is 506 g/mol. The maximum atomic E-state index is 11.6. The predicted octanol–water partition coefficient (Wildman–Crippen LogP) is 4.18. The summed E-state index contributed by atoms with van der Waals surface area (Å²) in [4.78, 5) is 0. The first-order valence-corrected chi connectivity index (χ1v) is 13.9. The molecule has 0 atom stereocenters. The first-order chi connectivity index (χ1) is 4.21. The van der Waals surface area contributed by atoms with Gasteiger partial charge in [-0.25, -0.2) is 0 Å². The fraction of sp³-hybridized carbons (Fsp3) is 1.00. The molecule has 0 saturated carbocycles. The van der Waals surface area contributed by atoms with Gasteiger partial charge in [0.05, 0.1) is 0 Å². The number of alkyl halides is 3. The molecule has 0 N–H and O–H groups in total. The lowest BCUT2D eigenvalue weighted by molar-refractivity contribution is -0.130. The Hall–Kier alpha value is 2.20. The van der Waals surface area contributed by atoms with Gasteiger partial charge >= 0.3 is 6.18 Å². The fourth-order valence-electron chi connectivity index (χ4n) is 0.283. The van der Waals surface area contributed by atoms with Crippen molar-refractivity contribution in [3.8, 4) is 0 Å². The number of hydrogen-bond donors (Lipinski definition) is 0. The molecule has 0 aliphatic rings. The van der Waals surface area contributed by atoms with E-state index < -0.39 is 13.2 Å². The highest BCUT2D eigenvalue weighted by molar-refractivity contribution is 14.4. The van der Waals surface area contributed by atoms with E-state index in [9.17, 15) is 13.2 Å². The zero-order valence-electron chi connectivity index (χ0n) is 4.68. The summed E-state index contributed by atoms with van der Waals surface area (Å²) >= 11 is 6.39. The summed E-state index contributed by atoms with van der Waals surface area (Å²) in [6, 6.07) is 0.304. The Balaban J connectivity index is 3.56. The summed E-state index contributed by atoms with van der Waals surface area (Å²) < 4.78 is 33.2. The SMILES string of the molecule is FC(F)(F)CC[Si](I)(I)I. The molecule has 0 fully saturated rings. The van der Waals surface area contributed by atoms with Gasteiger partial charge in [-0.2, -0.15) is 13.2 Å². The zero-order valence-corrected chi connectivity index (χ0v) is 12.2. The van der Waals surface area contributed by atoms with Crippen molar-refractivity contribution in [1.29, 1.82) is 0 Å². The molecule has 0 bridgehead atoms. The zero-order chi connectivity index (χ0) is 8.41. The van der Waals surface area contributed by atoms with Crippen LogP contribution in [0.2, 0.25) is 6.04 Å².